The number of carbonyl (C=O) groups is 1. The summed E-state index contributed by atoms with van der Waals surface area (Å²) >= 11 is 0. The number of aryl methyl sites for hydroxylation is 1. The lowest BCUT2D eigenvalue weighted by atomic mass is 9.96. The predicted molar refractivity (Wildman–Crippen MR) is 111 cm³/mol. The number of nitrogens with one attached hydrogen (secondary N) is 1. The number of sulfonamides is 1. The number of likely N-dealkylation sites (tertiary alicyclic amines) is 1. The molecule has 0 aliphatic carbocycles. The van der Waals surface area contributed by atoms with Gasteiger partial charge in [0.2, 0.25) is 10.0 Å². The van der Waals surface area contributed by atoms with E-state index in [0.29, 0.717) is 24.6 Å². The highest BCUT2D eigenvalue weighted by atomic mass is 35.5. The topological polar surface area (TPSA) is 69.7 Å². The van der Waals surface area contributed by atoms with Crippen LogP contribution >= 0.6 is 12.4 Å². The van der Waals surface area contributed by atoms with E-state index >= 15 is 0 Å². The average Bonchev–Trinajstić information content (AvgIpc) is 2.63. The first-order valence-corrected chi connectivity index (χ1v) is 10.8. The smallest absolute Gasteiger partial charge is 0.254 e. The van der Waals surface area contributed by atoms with Crippen LogP contribution in [0.15, 0.2) is 23.1 Å². The van der Waals surface area contributed by atoms with E-state index in [0.717, 1.165) is 38.0 Å². The van der Waals surface area contributed by atoms with Gasteiger partial charge >= 0.3 is 0 Å². The zero-order chi connectivity index (χ0) is 19.3. The summed E-state index contributed by atoms with van der Waals surface area (Å²) < 4.78 is 26.9. The lowest BCUT2D eigenvalue weighted by Crippen LogP contribution is -2.40. The van der Waals surface area contributed by atoms with E-state index in [-0.39, 0.29) is 23.2 Å². The van der Waals surface area contributed by atoms with E-state index < -0.39 is 10.0 Å². The van der Waals surface area contributed by atoms with Gasteiger partial charge < -0.3 is 10.2 Å². The molecule has 8 heteroatoms. The quantitative estimate of drug-likeness (QED) is 0.740. The predicted octanol–water partition coefficient (Wildman–Crippen LogP) is 2.52. The molecule has 1 saturated heterocycles. The maximum Gasteiger partial charge on any atom is 0.254 e. The molecule has 0 aromatic heterocycles. The van der Waals surface area contributed by atoms with Crippen LogP contribution in [0.1, 0.15) is 42.6 Å². The molecule has 0 atom stereocenters. The van der Waals surface area contributed by atoms with Crippen LogP contribution in [0.4, 0.5) is 0 Å². The average molecular weight is 418 g/mol. The van der Waals surface area contributed by atoms with Gasteiger partial charge in [0.25, 0.3) is 5.91 Å². The van der Waals surface area contributed by atoms with E-state index in [1.807, 2.05) is 32.7 Å². The summed E-state index contributed by atoms with van der Waals surface area (Å²) in [5.41, 5.74) is 1.30. The van der Waals surface area contributed by atoms with Gasteiger partial charge in [0.15, 0.2) is 0 Å². The van der Waals surface area contributed by atoms with Gasteiger partial charge in [0, 0.05) is 31.7 Å². The fourth-order valence-electron chi connectivity index (χ4n) is 3.50. The number of rotatable bonds is 7. The summed E-state index contributed by atoms with van der Waals surface area (Å²) in [4.78, 5) is 15.0. The SMILES string of the molecule is CCN(CC)S(=O)(=O)c1ccc(C)c(C(=O)N2CCC(CNC)CC2)c1.Cl. The van der Waals surface area contributed by atoms with Crippen molar-refractivity contribution in [1.29, 1.82) is 0 Å². The molecule has 1 aliphatic heterocycles. The molecule has 1 aliphatic rings. The Hall–Kier alpha value is -1.15. The number of benzene rings is 1. The summed E-state index contributed by atoms with van der Waals surface area (Å²) in [6.07, 6.45) is 1.95. The van der Waals surface area contributed by atoms with Gasteiger partial charge in [-0.25, -0.2) is 8.42 Å². The molecule has 1 fully saturated rings. The third-order valence-electron chi connectivity index (χ3n) is 5.18. The minimum atomic E-state index is -3.57. The maximum atomic E-state index is 13.0. The fraction of sp³-hybridized carbons (Fsp3) is 0.632. The molecule has 2 rings (SSSR count). The number of amides is 1. The lowest BCUT2D eigenvalue weighted by molar-refractivity contribution is 0.0690. The van der Waals surface area contributed by atoms with Crippen LogP contribution in [0.2, 0.25) is 0 Å². The molecule has 1 N–H and O–H groups in total. The Kier molecular flexibility index (Phi) is 9.21. The number of hydrogen-bond acceptors (Lipinski definition) is 4. The van der Waals surface area contributed by atoms with Crippen LogP contribution in [0.3, 0.4) is 0 Å². The highest BCUT2D eigenvalue weighted by Crippen LogP contribution is 2.23. The van der Waals surface area contributed by atoms with E-state index in [1.54, 1.807) is 18.2 Å². The minimum Gasteiger partial charge on any atom is -0.339 e. The fourth-order valence-corrected chi connectivity index (χ4v) is 4.99. The third kappa shape index (κ3) is 5.44. The summed E-state index contributed by atoms with van der Waals surface area (Å²) in [6.45, 7) is 8.72. The lowest BCUT2D eigenvalue weighted by Gasteiger charge is -2.32. The molecule has 0 spiro atoms. The molecule has 0 bridgehead atoms. The van der Waals surface area contributed by atoms with Crippen molar-refractivity contribution in [3.05, 3.63) is 29.3 Å². The molecule has 0 unspecified atom stereocenters. The van der Waals surface area contributed by atoms with Crippen molar-refractivity contribution in [3.8, 4) is 0 Å². The monoisotopic (exact) mass is 417 g/mol. The highest BCUT2D eigenvalue weighted by molar-refractivity contribution is 7.89. The van der Waals surface area contributed by atoms with Crippen LogP contribution in [0.25, 0.3) is 0 Å². The molecule has 0 saturated carbocycles. The molecular weight excluding hydrogens is 386 g/mol. The number of halogens is 1. The number of carbonyl (C=O) groups excluding carboxylic acids is 1. The molecule has 1 amide bonds. The number of piperidine rings is 1. The molecule has 1 aromatic carbocycles. The second kappa shape index (κ2) is 10.4. The minimum absolute atomic E-state index is 0. The molecule has 27 heavy (non-hydrogen) atoms. The normalized spacial score (nSPS) is 15.7. The highest BCUT2D eigenvalue weighted by Gasteiger charge is 2.27. The number of nitrogens with zero attached hydrogens (tertiary/aromatic N) is 2. The van der Waals surface area contributed by atoms with Crippen LogP contribution < -0.4 is 5.32 Å². The van der Waals surface area contributed by atoms with Crippen molar-refractivity contribution >= 4 is 28.3 Å². The van der Waals surface area contributed by atoms with Crippen LogP contribution in [0.5, 0.6) is 0 Å². The van der Waals surface area contributed by atoms with E-state index in [4.69, 9.17) is 0 Å². The van der Waals surface area contributed by atoms with Crippen molar-refractivity contribution in [2.45, 2.75) is 38.5 Å². The van der Waals surface area contributed by atoms with Gasteiger partial charge in [0.05, 0.1) is 4.90 Å². The molecular formula is C19H32ClN3O3S. The van der Waals surface area contributed by atoms with E-state index in [1.165, 1.54) is 4.31 Å². The Labute approximate surface area is 169 Å². The maximum absolute atomic E-state index is 13.0. The van der Waals surface area contributed by atoms with Gasteiger partial charge in [-0.05, 0) is 57.0 Å². The standard InChI is InChI=1S/C19H31N3O3S.ClH/c1-5-22(6-2)26(24,25)17-8-7-15(3)18(13-17)19(23)21-11-9-16(10-12-21)14-20-4;/h7-8,13,16,20H,5-6,9-12,14H2,1-4H3;1H. The van der Waals surface area contributed by atoms with E-state index in [9.17, 15) is 13.2 Å². The van der Waals surface area contributed by atoms with Crippen LogP contribution in [0, 0.1) is 12.8 Å². The summed E-state index contributed by atoms with van der Waals surface area (Å²) in [6, 6.07) is 4.88. The zero-order valence-corrected chi connectivity index (χ0v) is 18.3. The second-order valence-corrected chi connectivity index (χ2v) is 8.80. The third-order valence-corrected chi connectivity index (χ3v) is 7.22. The van der Waals surface area contributed by atoms with Crippen LogP contribution in [-0.2, 0) is 10.0 Å². The Morgan fingerprint density at radius 3 is 2.33 bits per heavy atom. The largest absolute Gasteiger partial charge is 0.339 e. The first-order valence-electron chi connectivity index (χ1n) is 9.39. The molecule has 0 radical (unpaired) electrons. The molecule has 154 valence electrons. The van der Waals surface area contributed by atoms with Crippen molar-refractivity contribution in [2.75, 3.05) is 39.8 Å². The Morgan fingerprint density at radius 2 is 1.81 bits per heavy atom. The van der Waals surface area contributed by atoms with Crippen molar-refractivity contribution in [2.24, 2.45) is 5.92 Å². The zero-order valence-electron chi connectivity index (χ0n) is 16.7. The second-order valence-electron chi connectivity index (χ2n) is 6.86. The Bertz CT molecular complexity index is 728. The van der Waals surface area contributed by atoms with E-state index in [2.05, 4.69) is 5.32 Å². The van der Waals surface area contributed by atoms with Gasteiger partial charge in [-0.3, -0.25) is 4.79 Å². The van der Waals surface area contributed by atoms with Gasteiger partial charge in [-0.15, -0.1) is 12.4 Å². The molecule has 1 heterocycles. The van der Waals surface area contributed by atoms with Gasteiger partial charge in [-0.2, -0.15) is 4.31 Å². The summed E-state index contributed by atoms with van der Waals surface area (Å²) in [5, 5.41) is 3.19. The van der Waals surface area contributed by atoms with Gasteiger partial charge in [0.1, 0.15) is 0 Å². The number of hydrogen-bond donors (Lipinski definition) is 1. The van der Waals surface area contributed by atoms with Crippen LogP contribution in [-0.4, -0.2) is 63.3 Å². The van der Waals surface area contributed by atoms with Gasteiger partial charge in [-0.1, -0.05) is 19.9 Å². The van der Waals surface area contributed by atoms with Crippen molar-refractivity contribution < 1.29 is 13.2 Å². The first-order chi connectivity index (χ1) is 12.3. The molecule has 6 nitrogen and oxygen atoms in total. The molecule has 1 aromatic rings. The Balaban J connectivity index is 0.00000364. The first kappa shape index (κ1) is 23.9. The Morgan fingerprint density at radius 1 is 1.22 bits per heavy atom. The summed E-state index contributed by atoms with van der Waals surface area (Å²) in [5.74, 6) is 0.529. The summed E-state index contributed by atoms with van der Waals surface area (Å²) in [7, 11) is -1.62. The van der Waals surface area contributed by atoms with Crippen molar-refractivity contribution in [3.63, 3.8) is 0 Å². The van der Waals surface area contributed by atoms with Crippen molar-refractivity contribution in [1.82, 2.24) is 14.5 Å².